The van der Waals surface area contributed by atoms with Gasteiger partial charge in [-0.15, -0.1) is 0 Å². The fourth-order valence-electron chi connectivity index (χ4n) is 2.41. The Hall–Kier alpha value is -1.30. The summed E-state index contributed by atoms with van der Waals surface area (Å²) >= 11 is 14.4. The van der Waals surface area contributed by atoms with Gasteiger partial charge in [-0.05, 0) is 12.2 Å². The van der Waals surface area contributed by atoms with Crippen molar-refractivity contribution in [1.29, 1.82) is 0 Å². The van der Waals surface area contributed by atoms with Crippen LogP contribution in [0.25, 0.3) is 19.6 Å². The van der Waals surface area contributed by atoms with Crippen LogP contribution in [0.4, 0.5) is 10.3 Å². The second kappa shape index (κ2) is 6.70. The van der Waals surface area contributed by atoms with Crippen LogP contribution in [-0.4, -0.2) is 18.4 Å². The van der Waals surface area contributed by atoms with Gasteiger partial charge in [0.15, 0.2) is 10.3 Å². The Morgan fingerprint density at radius 1 is 0.808 bits per heavy atom. The molecule has 2 aromatic rings. The van der Waals surface area contributed by atoms with Crippen LogP contribution in [-0.2, 0) is 21.6 Å². The summed E-state index contributed by atoms with van der Waals surface area (Å²) in [5, 5.41) is 4.19. The topological polar surface area (TPSA) is 112 Å². The first-order valence-electron chi connectivity index (χ1n) is 6.86. The molecule has 0 saturated carbocycles. The second-order valence-electron chi connectivity index (χ2n) is 5.08. The normalized spacial score (nSPS) is 22.2. The first-order chi connectivity index (χ1) is 12.3. The maximum absolute atomic E-state index is 12.3. The summed E-state index contributed by atoms with van der Waals surface area (Å²) in [6.45, 7) is 0. The predicted molar refractivity (Wildman–Crippen MR) is 112 cm³/mol. The average molecular weight is 463 g/mol. The number of nitrogen functional groups attached to an aromatic ring is 2. The minimum absolute atomic E-state index is 0.298. The number of anilines is 2. The Morgan fingerprint density at radius 3 is 1.50 bits per heavy atom. The predicted octanol–water partition coefficient (Wildman–Crippen LogP) is 3.80. The zero-order chi connectivity index (χ0) is 18.6. The second-order valence-corrected chi connectivity index (χ2v) is 10.6. The molecule has 0 radical (unpaired) electrons. The molecule has 6 nitrogen and oxygen atoms in total. The van der Waals surface area contributed by atoms with Crippen molar-refractivity contribution >= 4 is 87.5 Å². The van der Waals surface area contributed by atoms with Crippen LogP contribution in [0.2, 0.25) is 0 Å². The molecule has 4 heterocycles. The van der Waals surface area contributed by atoms with Gasteiger partial charge < -0.3 is 11.5 Å². The van der Waals surface area contributed by atoms with E-state index in [0.717, 1.165) is 0 Å². The molecule has 0 spiro atoms. The van der Waals surface area contributed by atoms with Crippen LogP contribution in [0.3, 0.4) is 0 Å². The van der Waals surface area contributed by atoms with Crippen LogP contribution < -0.4 is 11.5 Å². The molecule has 2 aliphatic rings. The van der Waals surface area contributed by atoms with Gasteiger partial charge in [-0.25, -0.2) is 18.4 Å². The van der Waals surface area contributed by atoms with Gasteiger partial charge in [-0.2, -0.15) is 0 Å². The smallest absolute Gasteiger partial charge is 0.181 e. The molecule has 0 saturated heterocycles. The fourth-order valence-corrected chi connectivity index (χ4v) is 7.16. The number of rotatable bonds is 3. The number of nitrogens with two attached hydrogens (primary N) is 2. The van der Waals surface area contributed by atoms with Gasteiger partial charge in [0.1, 0.15) is 11.4 Å². The minimum Gasteiger partial charge on any atom is -0.375 e. The van der Waals surface area contributed by atoms with Crippen molar-refractivity contribution in [2.45, 2.75) is 0 Å². The van der Waals surface area contributed by atoms with E-state index in [-0.39, 0.29) is 0 Å². The zero-order valence-electron chi connectivity index (χ0n) is 12.6. The highest BCUT2D eigenvalue weighted by atomic mass is 35.5. The first-order valence-corrected chi connectivity index (χ1v) is 11.7. The van der Waals surface area contributed by atoms with Crippen molar-refractivity contribution in [1.82, 2.24) is 9.97 Å². The van der Waals surface area contributed by atoms with E-state index >= 15 is 0 Å². The van der Waals surface area contributed by atoms with E-state index < -0.39 is 21.6 Å². The summed E-state index contributed by atoms with van der Waals surface area (Å²) < 4.78 is 24.6. The molecule has 2 atom stereocenters. The molecule has 0 bridgehead atoms. The summed E-state index contributed by atoms with van der Waals surface area (Å²) in [6.07, 6.45) is 3.18. The van der Waals surface area contributed by atoms with E-state index in [1.165, 1.54) is 33.5 Å². The Bertz CT molecular complexity index is 1040. The standard InChI is InChI=1S/C14H8Cl2N4O2S4/c15-5-1-7(25(21)3-5)9-11(23-13(17)19-9)12-10(20-14(18)24-12)8-2-6(16)4-26(8)22/h1-4H,(H2,17,19)(H2,18,20). The van der Waals surface area contributed by atoms with Crippen LogP contribution >= 0.6 is 45.9 Å². The molecule has 4 N–H and O–H groups in total. The summed E-state index contributed by atoms with van der Waals surface area (Å²) in [4.78, 5) is 10.8. The van der Waals surface area contributed by atoms with Gasteiger partial charge in [-0.1, -0.05) is 45.9 Å². The largest absolute Gasteiger partial charge is 0.375 e. The average Bonchev–Trinajstić information content (AvgIpc) is 3.27. The van der Waals surface area contributed by atoms with E-state index in [9.17, 15) is 8.42 Å². The third-order valence-corrected chi connectivity index (χ3v) is 8.42. The van der Waals surface area contributed by atoms with Crippen molar-refractivity contribution in [2.75, 3.05) is 11.5 Å². The Kier molecular flexibility index (Phi) is 4.66. The van der Waals surface area contributed by atoms with Crippen molar-refractivity contribution in [3.63, 3.8) is 0 Å². The lowest BCUT2D eigenvalue weighted by molar-refractivity contribution is 0.693. The highest BCUT2D eigenvalue weighted by molar-refractivity contribution is 7.98. The lowest BCUT2D eigenvalue weighted by Crippen LogP contribution is -1.94. The summed E-state index contributed by atoms with van der Waals surface area (Å²) in [5.41, 5.74) is 12.7. The van der Waals surface area contributed by atoms with Crippen LogP contribution in [0.15, 0.2) is 33.0 Å². The highest BCUT2D eigenvalue weighted by Crippen LogP contribution is 2.46. The van der Waals surface area contributed by atoms with Crippen LogP contribution in [0.5, 0.6) is 0 Å². The number of allylic oxidation sites excluding steroid dienone is 4. The SMILES string of the molecule is Nc1nc(C2=CC(Cl)=CS2=O)c(-c2sc(N)nc2C2=CC(Cl)=CS2=O)s1. The van der Waals surface area contributed by atoms with Gasteiger partial charge >= 0.3 is 0 Å². The van der Waals surface area contributed by atoms with Crippen molar-refractivity contribution in [3.8, 4) is 9.75 Å². The zero-order valence-corrected chi connectivity index (χ0v) is 17.3. The summed E-state index contributed by atoms with van der Waals surface area (Å²) in [6, 6.07) is 0. The molecule has 0 amide bonds. The Labute approximate surface area is 170 Å². The number of halogens is 2. The molecular weight excluding hydrogens is 455 g/mol. The van der Waals surface area contributed by atoms with E-state index in [0.29, 0.717) is 51.3 Å². The minimum atomic E-state index is -1.42. The molecule has 0 aliphatic carbocycles. The van der Waals surface area contributed by atoms with Crippen molar-refractivity contribution < 1.29 is 8.42 Å². The summed E-state index contributed by atoms with van der Waals surface area (Å²) in [7, 11) is -2.85. The lowest BCUT2D eigenvalue weighted by atomic mass is 10.2. The van der Waals surface area contributed by atoms with Gasteiger partial charge in [0.05, 0.1) is 51.2 Å². The molecular formula is C14H8Cl2N4O2S4. The molecule has 0 aromatic carbocycles. The van der Waals surface area contributed by atoms with Crippen molar-refractivity contribution in [2.24, 2.45) is 0 Å². The molecule has 2 aliphatic heterocycles. The number of aromatic nitrogens is 2. The van der Waals surface area contributed by atoms with E-state index in [4.69, 9.17) is 34.7 Å². The molecule has 2 aromatic heterocycles. The van der Waals surface area contributed by atoms with Crippen LogP contribution in [0, 0.1) is 0 Å². The Balaban J connectivity index is 1.89. The number of thiazole rings is 2. The third kappa shape index (κ3) is 3.10. The van der Waals surface area contributed by atoms with E-state index in [2.05, 4.69) is 9.97 Å². The van der Waals surface area contributed by atoms with Gasteiger partial charge in [-0.3, -0.25) is 0 Å². The van der Waals surface area contributed by atoms with Gasteiger partial charge in [0.2, 0.25) is 0 Å². The maximum Gasteiger partial charge on any atom is 0.181 e. The number of hydrogen-bond acceptors (Lipinski definition) is 8. The van der Waals surface area contributed by atoms with E-state index in [1.807, 2.05) is 0 Å². The number of nitrogens with zero attached hydrogens (tertiary/aromatic N) is 2. The lowest BCUT2D eigenvalue weighted by Gasteiger charge is -2.03. The quantitative estimate of drug-likeness (QED) is 0.716. The maximum atomic E-state index is 12.3. The summed E-state index contributed by atoms with van der Waals surface area (Å²) in [5.74, 6) is 0. The van der Waals surface area contributed by atoms with E-state index in [1.54, 1.807) is 12.2 Å². The monoisotopic (exact) mass is 462 g/mol. The molecule has 2 unspecified atom stereocenters. The third-order valence-electron chi connectivity index (χ3n) is 3.37. The van der Waals surface area contributed by atoms with Crippen molar-refractivity contribution in [3.05, 3.63) is 44.4 Å². The highest BCUT2D eigenvalue weighted by Gasteiger charge is 2.29. The number of hydrogen-bond donors (Lipinski definition) is 2. The fraction of sp³-hybridized carbons (Fsp3) is 0. The molecule has 0 fully saturated rings. The Morgan fingerprint density at radius 2 is 1.19 bits per heavy atom. The van der Waals surface area contributed by atoms with Gasteiger partial charge in [0, 0.05) is 10.8 Å². The molecule has 12 heteroatoms. The van der Waals surface area contributed by atoms with Gasteiger partial charge in [0.25, 0.3) is 0 Å². The van der Waals surface area contributed by atoms with Crippen LogP contribution in [0.1, 0.15) is 11.4 Å². The molecule has 26 heavy (non-hydrogen) atoms. The molecule has 134 valence electrons. The first kappa shape index (κ1) is 18.1. The molecule has 4 rings (SSSR count).